The number of pyridine rings is 1. The molecule has 0 bridgehead atoms. The Morgan fingerprint density at radius 1 is 1.22 bits per heavy atom. The van der Waals surface area contributed by atoms with Crippen molar-refractivity contribution in [3.8, 4) is 6.07 Å². The van der Waals surface area contributed by atoms with E-state index in [2.05, 4.69) is 16.4 Å². The highest BCUT2D eigenvalue weighted by Crippen LogP contribution is 2.53. The smallest absolute Gasteiger partial charge is 0.253 e. The number of hydrogen-bond acceptors (Lipinski definition) is 4. The van der Waals surface area contributed by atoms with E-state index >= 15 is 0 Å². The Kier molecular flexibility index (Phi) is 4.31. The van der Waals surface area contributed by atoms with Gasteiger partial charge in [0.25, 0.3) is 5.91 Å². The van der Waals surface area contributed by atoms with E-state index in [-0.39, 0.29) is 11.8 Å². The third-order valence-corrected chi connectivity index (χ3v) is 5.89. The van der Waals surface area contributed by atoms with E-state index in [0.717, 1.165) is 31.3 Å². The van der Waals surface area contributed by atoms with Gasteiger partial charge < -0.3 is 10.2 Å². The lowest BCUT2D eigenvalue weighted by Gasteiger charge is -2.33. The average Bonchev–Trinajstić information content (AvgIpc) is 3.45. The van der Waals surface area contributed by atoms with Crippen molar-refractivity contribution in [1.29, 1.82) is 5.26 Å². The molecule has 1 spiro atoms. The molecule has 0 unspecified atom stereocenters. The zero-order valence-corrected chi connectivity index (χ0v) is 15.4. The number of piperidine rings is 1. The number of nitrogens with zero attached hydrogens (tertiary/aromatic N) is 3. The van der Waals surface area contributed by atoms with Crippen LogP contribution in [0, 0.1) is 16.7 Å². The number of carbonyl (C=O) groups excluding carboxylic acids is 2. The summed E-state index contributed by atoms with van der Waals surface area (Å²) in [6.45, 7) is 3.31. The minimum absolute atomic E-state index is 0.0220. The van der Waals surface area contributed by atoms with E-state index < -0.39 is 6.04 Å². The van der Waals surface area contributed by atoms with Crippen LogP contribution >= 0.6 is 0 Å². The molecular weight excluding hydrogens is 340 g/mol. The number of amides is 2. The predicted octanol–water partition coefficient (Wildman–Crippen LogP) is 2.63. The second-order valence-electron chi connectivity index (χ2n) is 7.76. The number of benzene rings is 1. The summed E-state index contributed by atoms with van der Waals surface area (Å²) in [5.41, 5.74) is 2.12. The van der Waals surface area contributed by atoms with Crippen molar-refractivity contribution in [2.24, 2.45) is 5.41 Å². The number of nitriles is 1. The highest BCUT2D eigenvalue weighted by Gasteiger charge is 2.45. The number of rotatable bonds is 3. The third-order valence-electron chi connectivity index (χ3n) is 5.89. The van der Waals surface area contributed by atoms with E-state index in [1.807, 2.05) is 4.90 Å². The van der Waals surface area contributed by atoms with Gasteiger partial charge in [0.05, 0.1) is 22.7 Å². The quantitative estimate of drug-likeness (QED) is 0.909. The number of hydrogen-bond donors (Lipinski definition) is 1. The van der Waals surface area contributed by atoms with Gasteiger partial charge in [0, 0.05) is 24.7 Å². The lowest BCUT2D eigenvalue weighted by atomic mass is 9.93. The van der Waals surface area contributed by atoms with E-state index in [9.17, 15) is 9.59 Å². The first-order chi connectivity index (χ1) is 13.0. The SMILES string of the molecule is C[C@H](NC(=O)c1cnc2cc(C#N)ccc2c1)C(=O)N1CCC2(CC1)CC2. The molecule has 1 aromatic heterocycles. The van der Waals surface area contributed by atoms with Gasteiger partial charge in [0.15, 0.2) is 0 Å². The molecule has 2 heterocycles. The molecular formula is C21H22N4O2. The summed E-state index contributed by atoms with van der Waals surface area (Å²) in [5, 5.41) is 12.5. The van der Waals surface area contributed by atoms with Crippen LogP contribution in [0.1, 0.15) is 48.5 Å². The van der Waals surface area contributed by atoms with Crippen molar-refractivity contribution in [2.75, 3.05) is 13.1 Å². The highest BCUT2D eigenvalue weighted by molar-refractivity contribution is 5.99. The average molecular weight is 362 g/mol. The summed E-state index contributed by atoms with van der Waals surface area (Å²) in [6.07, 6.45) is 6.24. The summed E-state index contributed by atoms with van der Waals surface area (Å²) in [7, 11) is 0. The lowest BCUT2D eigenvalue weighted by Crippen LogP contribution is -2.49. The van der Waals surface area contributed by atoms with E-state index in [0.29, 0.717) is 22.1 Å². The van der Waals surface area contributed by atoms with Gasteiger partial charge in [0.1, 0.15) is 6.04 Å². The molecule has 6 heteroatoms. The first-order valence-corrected chi connectivity index (χ1v) is 9.39. The van der Waals surface area contributed by atoms with Gasteiger partial charge in [-0.15, -0.1) is 0 Å². The van der Waals surface area contributed by atoms with E-state index in [4.69, 9.17) is 5.26 Å². The van der Waals surface area contributed by atoms with Crippen molar-refractivity contribution in [3.63, 3.8) is 0 Å². The Morgan fingerprint density at radius 2 is 1.96 bits per heavy atom. The lowest BCUT2D eigenvalue weighted by molar-refractivity contribution is -0.134. The number of likely N-dealkylation sites (tertiary alicyclic amines) is 1. The standard InChI is InChI=1S/C21H22N4O2/c1-14(20(27)25-8-6-21(4-5-21)7-9-25)24-19(26)17-11-16-3-2-15(12-22)10-18(16)23-13-17/h2-3,10-11,13-14H,4-9H2,1H3,(H,24,26)/t14-/m0/s1. The number of nitrogens with one attached hydrogen (secondary N) is 1. The molecule has 6 nitrogen and oxygen atoms in total. The van der Waals surface area contributed by atoms with Crippen LogP contribution in [0.25, 0.3) is 10.9 Å². The van der Waals surface area contributed by atoms with Crippen LogP contribution < -0.4 is 5.32 Å². The fraction of sp³-hybridized carbons (Fsp3) is 0.429. The van der Waals surface area contributed by atoms with Crippen LogP contribution in [0.3, 0.4) is 0 Å². The van der Waals surface area contributed by atoms with Crippen molar-refractivity contribution in [3.05, 3.63) is 41.6 Å². The maximum Gasteiger partial charge on any atom is 0.253 e. The van der Waals surface area contributed by atoms with Crippen LogP contribution in [-0.2, 0) is 4.79 Å². The van der Waals surface area contributed by atoms with Gasteiger partial charge in [-0.3, -0.25) is 14.6 Å². The molecule has 2 aromatic rings. The first-order valence-electron chi connectivity index (χ1n) is 9.39. The van der Waals surface area contributed by atoms with Gasteiger partial charge in [-0.05, 0) is 56.2 Å². The van der Waals surface area contributed by atoms with Crippen molar-refractivity contribution in [1.82, 2.24) is 15.2 Å². The summed E-state index contributed by atoms with van der Waals surface area (Å²) in [6, 6.07) is 8.39. The Bertz CT molecular complexity index is 948. The zero-order valence-electron chi connectivity index (χ0n) is 15.4. The molecule has 2 aliphatic rings. The number of carbonyl (C=O) groups is 2. The molecule has 1 aliphatic heterocycles. The zero-order chi connectivity index (χ0) is 19.0. The fourth-order valence-electron chi connectivity index (χ4n) is 3.81. The number of fused-ring (bicyclic) bond motifs is 1. The largest absolute Gasteiger partial charge is 0.341 e. The van der Waals surface area contributed by atoms with E-state index in [1.165, 1.54) is 19.0 Å². The number of aromatic nitrogens is 1. The molecule has 1 saturated carbocycles. The van der Waals surface area contributed by atoms with Crippen LogP contribution in [0.2, 0.25) is 0 Å². The summed E-state index contributed by atoms with van der Waals surface area (Å²) in [4.78, 5) is 31.3. The monoisotopic (exact) mass is 362 g/mol. The van der Waals surface area contributed by atoms with Gasteiger partial charge in [-0.2, -0.15) is 5.26 Å². The Morgan fingerprint density at radius 3 is 2.63 bits per heavy atom. The molecule has 1 aromatic carbocycles. The molecule has 4 rings (SSSR count). The van der Waals surface area contributed by atoms with Crippen LogP contribution in [0.15, 0.2) is 30.5 Å². The Hall–Kier alpha value is -2.94. The van der Waals surface area contributed by atoms with Crippen LogP contribution in [0.5, 0.6) is 0 Å². The fourth-order valence-corrected chi connectivity index (χ4v) is 3.81. The normalized spacial score (nSPS) is 18.7. The van der Waals surface area contributed by atoms with E-state index in [1.54, 1.807) is 31.2 Å². The van der Waals surface area contributed by atoms with Gasteiger partial charge >= 0.3 is 0 Å². The molecule has 1 N–H and O–H groups in total. The molecule has 2 amide bonds. The van der Waals surface area contributed by atoms with Gasteiger partial charge in [-0.25, -0.2) is 0 Å². The second-order valence-corrected chi connectivity index (χ2v) is 7.76. The van der Waals surface area contributed by atoms with Crippen LogP contribution in [0.4, 0.5) is 0 Å². The highest BCUT2D eigenvalue weighted by atomic mass is 16.2. The molecule has 0 radical (unpaired) electrons. The molecule has 27 heavy (non-hydrogen) atoms. The minimum atomic E-state index is -0.567. The van der Waals surface area contributed by atoms with Gasteiger partial charge in [-0.1, -0.05) is 6.07 Å². The van der Waals surface area contributed by atoms with Gasteiger partial charge in [0.2, 0.25) is 5.91 Å². The second kappa shape index (κ2) is 6.66. The maximum absolute atomic E-state index is 12.6. The molecule has 1 aliphatic carbocycles. The predicted molar refractivity (Wildman–Crippen MR) is 101 cm³/mol. The first kappa shape index (κ1) is 17.5. The minimum Gasteiger partial charge on any atom is -0.341 e. The van der Waals surface area contributed by atoms with Crippen LogP contribution in [-0.4, -0.2) is 40.8 Å². The molecule has 138 valence electrons. The topological polar surface area (TPSA) is 86.1 Å². The summed E-state index contributed by atoms with van der Waals surface area (Å²) >= 11 is 0. The Balaban J connectivity index is 1.41. The summed E-state index contributed by atoms with van der Waals surface area (Å²) < 4.78 is 0. The van der Waals surface area contributed by atoms with Crippen molar-refractivity contribution in [2.45, 2.75) is 38.6 Å². The Labute approximate surface area is 158 Å². The molecule has 2 fully saturated rings. The molecule has 1 atom stereocenters. The molecule has 1 saturated heterocycles. The van der Waals surface area contributed by atoms with Crippen molar-refractivity contribution < 1.29 is 9.59 Å². The maximum atomic E-state index is 12.6. The third kappa shape index (κ3) is 3.50. The summed E-state index contributed by atoms with van der Waals surface area (Å²) in [5.74, 6) is -0.337. The van der Waals surface area contributed by atoms with Crippen molar-refractivity contribution >= 4 is 22.7 Å².